The van der Waals surface area contributed by atoms with Crippen molar-refractivity contribution in [3.05, 3.63) is 54.2 Å². The number of nitrogens with one attached hydrogen (secondary N) is 1. The topological polar surface area (TPSA) is 47.5 Å². The molecule has 4 nitrogen and oxygen atoms in total. The second kappa shape index (κ2) is 5.20. The van der Waals surface area contributed by atoms with Crippen LogP contribution in [-0.2, 0) is 13.1 Å². The summed E-state index contributed by atoms with van der Waals surface area (Å²) < 4.78 is 16.3. The smallest absolute Gasteiger partial charge is 0.176 e. The monoisotopic (exact) mass is 257 g/mol. The van der Waals surface area contributed by atoms with Crippen LogP contribution in [0.1, 0.15) is 11.5 Å². The van der Waals surface area contributed by atoms with Crippen molar-refractivity contribution in [3.63, 3.8) is 0 Å². The molecule has 4 heteroatoms. The van der Waals surface area contributed by atoms with E-state index in [-0.39, 0.29) is 0 Å². The number of para-hydroxylation sites is 1. The molecule has 0 radical (unpaired) electrons. The van der Waals surface area contributed by atoms with Crippen molar-refractivity contribution in [1.29, 1.82) is 0 Å². The fourth-order valence-corrected chi connectivity index (χ4v) is 2.06. The van der Waals surface area contributed by atoms with Crippen molar-refractivity contribution >= 4 is 11.0 Å². The van der Waals surface area contributed by atoms with Gasteiger partial charge in [-0.2, -0.15) is 0 Å². The number of methoxy groups -OCH3 is 1. The quantitative estimate of drug-likeness (QED) is 0.761. The van der Waals surface area contributed by atoms with Gasteiger partial charge in [-0.1, -0.05) is 12.1 Å². The summed E-state index contributed by atoms with van der Waals surface area (Å²) in [6, 6.07) is 11.7. The van der Waals surface area contributed by atoms with Crippen molar-refractivity contribution in [2.45, 2.75) is 13.1 Å². The molecule has 0 bridgehead atoms. The first-order valence-corrected chi connectivity index (χ1v) is 6.15. The van der Waals surface area contributed by atoms with Crippen LogP contribution >= 0.6 is 0 Å². The highest BCUT2D eigenvalue weighted by Crippen LogP contribution is 2.28. The highest BCUT2D eigenvalue weighted by Gasteiger charge is 2.08. The average molecular weight is 257 g/mol. The van der Waals surface area contributed by atoms with Gasteiger partial charge in [0.05, 0.1) is 26.5 Å². The summed E-state index contributed by atoms with van der Waals surface area (Å²) in [7, 11) is 1.64. The molecule has 0 aliphatic heterocycles. The third kappa shape index (κ3) is 2.48. The van der Waals surface area contributed by atoms with E-state index in [0.717, 1.165) is 28.2 Å². The summed E-state index contributed by atoms with van der Waals surface area (Å²) >= 11 is 0. The van der Waals surface area contributed by atoms with Gasteiger partial charge in [0, 0.05) is 5.39 Å². The Morgan fingerprint density at radius 3 is 2.79 bits per heavy atom. The molecule has 3 aromatic rings. The zero-order chi connectivity index (χ0) is 13.1. The molecule has 2 heterocycles. The molecule has 0 aliphatic carbocycles. The molecule has 0 fully saturated rings. The average Bonchev–Trinajstić information content (AvgIpc) is 3.06. The van der Waals surface area contributed by atoms with Crippen LogP contribution in [0.5, 0.6) is 5.75 Å². The first-order chi connectivity index (χ1) is 9.36. The molecule has 0 unspecified atom stereocenters. The SMILES string of the molecule is COc1cccc2cc(CNCc3ccco3)oc12. The predicted molar refractivity (Wildman–Crippen MR) is 72.0 cm³/mol. The van der Waals surface area contributed by atoms with E-state index in [2.05, 4.69) is 5.32 Å². The van der Waals surface area contributed by atoms with Crippen molar-refractivity contribution in [3.8, 4) is 5.75 Å². The van der Waals surface area contributed by atoms with Crippen LogP contribution in [0.2, 0.25) is 0 Å². The van der Waals surface area contributed by atoms with E-state index >= 15 is 0 Å². The Kier molecular flexibility index (Phi) is 3.25. The summed E-state index contributed by atoms with van der Waals surface area (Å²) in [6.45, 7) is 1.33. The molecule has 0 aliphatic rings. The molecule has 0 atom stereocenters. The third-order valence-electron chi connectivity index (χ3n) is 2.96. The molecule has 0 saturated heterocycles. The highest BCUT2D eigenvalue weighted by molar-refractivity contribution is 5.83. The Bertz CT molecular complexity index is 655. The summed E-state index contributed by atoms with van der Waals surface area (Å²) in [5, 5.41) is 4.32. The second-order valence-electron chi connectivity index (χ2n) is 4.27. The van der Waals surface area contributed by atoms with Crippen LogP contribution in [0, 0.1) is 0 Å². The molecule has 1 N–H and O–H groups in total. The molecule has 0 amide bonds. The van der Waals surface area contributed by atoms with Gasteiger partial charge in [-0.3, -0.25) is 0 Å². The lowest BCUT2D eigenvalue weighted by Crippen LogP contribution is -2.11. The van der Waals surface area contributed by atoms with Crippen molar-refractivity contribution in [1.82, 2.24) is 5.32 Å². The number of fused-ring (bicyclic) bond motifs is 1. The number of benzene rings is 1. The lowest BCUT2D eigenvalue weighted by molar-refractivity contribution is 0.405. The second-order valence-corrected chi connectivity index (χ2v) is 4.27. The van der Waals surface area contributed by atoms with Crippen molar-refractivity contribution in [2.75, 3.05) is 7.11 Å². The maximum Gasteiger partial charge on any atom is 0.176 e. The molecular weight excluding hydrogens is 242 g/mol. The van der Waals surface area contributed by atoms with E-state index in [4.69, 9.17) is 13.6 Å². The first kappa shape index (κ1) is 11.9. The zero-order valence-electron chi connectivity index (χ0n) is 10.7. The van der Waals surface area contributed by atoms with E-state index in [1.807, 2.05) is 36.4 Å². The van der Waals surface area contributed by atoms with Gasteiger partial charge in [0.25, 0.3) is 0 Å². The Morgan fingerprint density at radius 2 is 2.00 bits per heavy atom. The van der Waals surface area contributed by atoms with E-state index < -0.39 is 0 Å². The van der Waals surface area contributed by atoms with Crippen LogP contribution in [0.4, 0.5) is 0 Å². The number of furan rings is 2. The molecule has 1 aromatic carbocycles. The minimum absolute atomic E-state index is 0.651. The Hall–Kier alpha value is -2.20. The first-order valence-electron chi connectivity index (χ1n) is 6.15. The van der Waals surface area contributed by atoms with E-state index in [1.165, 1.54) is 0 Å². The highest BCUT2D eigenvalue weighted by atomic mass is 16.5. The van der Waals surface area contributed by atoms with Crippen LogP contribution in [-0.4, -0.2) is 7.11 Å². The van der Waals surface area contributed by atoms with Gasteiger partial charge in [0.2, 0.25) is 0 Å². The van der Waals surface area contributed by atoms with Gasteiger partial charge in [-0.25, -0.2) is 0 Å². The van der Waals surface area contributed by atoms with Gasteiger partial charge < -0.3 is 18.9 Å². The maximum absolute atomic E-state index is 5.79. The maximum atomic E-state index is 5.79. The third-order valence-corrected chi connectivity index (χ3v) is 2.96. The van der Waals surface area contributed by atoms with Gasteiger partial charge in [-0.15, -0.1) is 0 Å². The number of rotatable bonds is 5. The summed E-state index contributed by atoms with van der Waals surface area (Å²) in [5.41, 5.74) is 0.791. The lowest BCUT2D eigenvalue weighted by Gasteiger charge is -2.00. The molecule has 0 saturated carbocycles. The molecule has 98 valence electrons. The van der Waals surface area contributed by atoms with Crippen LogP contribution in [0.15, 0.2) is 51.5 Å². The van der Waals surface area contributed by atoms with Crippen LogP contribution in [0.3, 0.4) is 0 Å². The predicted octanol–water partition coefficient (Wildman–Crippen LogP) is 3.32. The van der Waals surface area contributed by atoms with E-state index in [9.17, 15) is 0 Å². The Balaban J connectivity index is 1.71. The van der Waals surface area contributed by atoms with Crippen LogP contribution in [0.25, 0.3) is 11.0 Å². The minimum atomic E-state index is 0.651. The van der Waals surface area contributed by atoms with Gasteiger partial charge in [0.1, 0.15) is 11.5 Å². The van der Waals surface area contributed by atoms with Gasteiger partial charge in [-0.05, 0) is 24.3 Å². The summed E-state index contributed by atoms with van der Waals surface area (Å²) in [6.07, 6.45) is 1.67. The Morgan fingerprint density at radius 1 is 1.11 bits per heavy atom. The fourth-order valence-electron chi connectivity index (χ4n) is 2.06. The zero-order valence-corrected chi connectivity index (χ0v) is 10.7. The number of hydrogen-bond donors (Lipinski definition) is 1. The molecule has 2 aromatic heterocycles. The molecular formula is C15H15NO3. The Labute approximate surface area is 111 Å². The van der Waals surface area contributed by atoms with Crippen molar-refractivity contribution in [2.24, 2.45) is 0 Å². The number of ether oxygens (including phenoxy) is 1. The minimum Gasteiger partial charge on any atom is -0.493 e. The normalized spacial score (nSPS) is 11.0. The van der Waals surface area contributed by atoms with Gasteiger partial charge >= 0.3 is 0 Å². The molecule has 19 heavy (non-hydrogen) atoms. The standard InChI is InChI=1S/C15H15NO3/c1-17-14-6-2-4-11-8-13(19-15(11)14)10-16-9-12-5-3-7-18-12/h2-8,16H,9-10H2,1H3. The lowest BCUT2D eigenvalue weighted by atomic mass is 10.2. The van der Waals surface area contributed by atoms with Gasteiger partial charge in [0.15, 0.2) is 11.3 Å². The largest absolute Gasteiger partial charge is 0.493 e. The van der Waals surface area contributed by atoms with E-state index in [1.54, 1.807) is 13.4 Å². The number of hydrogen-bond acceptors (Lipinski definition) is 4. The van der Waals surface area contributed by atoms with E-state index in [0.29, 0.717) is 13.1 Å². The fraction of sp³-hybridized carbons (Fsp3) is 0.200. The molecule has 0 spiro atoms. The van der Waals surface area contributed by atoms with Crippen LogP contribution < -0.4 is 10.1 Å². The molecule has 3 rings (SSSR count). The summed E-state index contributed by atoms with van der Waals surface area (Å²) in [4.78, 5) is 0. The van der Waals surface area contributed by atoms with Crippen molar-refractivity contribution < 1.29 is 13.6 Å². The summed E-state index contributed by atoms with van der Waals surface area (Å²) in [5.74, 6) is 2.55.